The van der Waals surface area contributed by atoms with E-state index in [1.807, 2.05) is 67.6 Å². The van der Waals surface area contributed by atoms with Crippen LogP contribution in [0.3, 0.4) is 0 Å². The summed E-state index contributed by atoms with van der Waals surface area (Å²) >= 11 is 3.46. The second-order valence-corrected chi connectivity index (χ2v) is 9.92. The number of benzene rings is 3. The predicted molar refractivity (Wildman–Crippen MR) is 142 cm³/mol. The fraction of sp³-hybridized carbons (Fsp3) is 0.207. The molecule has 7 heteroatoms. The van der Waals surface area contributed by atoms with E-state index in [0.717, 1.165) is 10.0 Å². The lowest BCUT2D eigenvalue weighted by Crippen LogP contribution is -2.33. The Labute approximate surface area is 218 Å². The van der Waals surface area contributed by atoms with Crippen LogP contribution in [0.4, 0.5) is 5.69 Å². The molecule has 0 aliphatic carbocycles. The van der Waals surface area contributed by atoms with E-state index >= 15 is 0 Å². The van der Waals surface area contributed by atoms with Crippen LogP contribution in [-0.4, -0.2) is 22.5 Å². The number of Topliss-reactive ketones (excluding diaryl/α,β-unsaturated/α-hetero) is 1. The zero-order valence-corrected chi connectivity index (χ0v) is 21.5. The molecule has 0 bridgehead atoms. The van der Waals surface area contributed by atoms with Gasteiger partial charge in [0.2, 0.25) is 0 Å². The summed E-state index contributed by atoms with van der Waals surface area (Å²) in [6.45, 7) is 3.51. The van der Waals surface area contributed by atoms with Crippen molar-refractivity contribution in [2.75, 3.05) is 5.01 Å². The van der Waals surface area contributed by atoms with Gasteiger partial charge in [0.05, 0.1) is 17.2 Å². The van der Waals surface area contributed by atoms with Gasteiger partial charge in [-0.2, -0.15) is 5.10 Å². The summed E-state index contributed by atoms with van der Waals surface area (Å²) < 4.78 is 6.77. The number of nitrogens with zero attached hydrogens (tertiary/aromatic N) is 2. The number of ketones is 1. The van der Waals surface area contributed by atoms with E-state index in [1.54, 1.807) is 25.1 Å². The number of halogens is 1. The summed E-state index contributed by atoms with van der Waals surface area (Å²) in [5.41, 5.74) is 2.93. The van der Waals surface area contributed by atoms with Gasteiger partial charge in [0.15, 0.2) is 5.78 Å². The molecular formula is C29H25BrN2O4. The quantitative estimate of drug-likeness (QED) is 0.417. The van der Waals surface area contributed by atoms with Crippen LogP contribution in [0.2, 0.25) is 0 Å². The van der Waals surface area contributed by atoms with Gasteiger partial charge in [-0.1, -0.05) is 64.5 Å². The molecule has 5 rings (SSSR count). The molecule has 3 aromatic carbocycles. The molecule has 0 radical (unpaired) electrons. The number of hydrazone groups is 1. The number of ether oxygens (including phenoxy) is 1. The minimum absolute atomic E-state index is 0.0167. The van der Waals surface area contributed by atoms with Crippen LogP contribution in [0.15, 0.2) is 99.8 Å². The third-order valence-electron chi connectivity index (χ3n) is 6.72. The molecule has 2 aliphatic heterocycles. The largest absolute Gasteiger partial charge is 0.461 e. The highest BCUT2D eigenvalue weighted by atomic mass is 79.9. The first-order valence-corrected chi connectivity index (χ1v) is 12.5. The zero-order valence-electron chi connectivity index (χ0n) is 19.9. The summed E-state index contributed by atoms with van der Waals surface area (Å²) in [5.74, 6) is -0.631. The van der Waals surface area contributed by atoms with Crippen molar-refractivity contribution in [3.05, 3.63) is 106 Å². The molecule has 2 aliphatic rings. The van der Waals surface area contributed by atoms with Crippen molar-refractivity contribution < 1.29 is 19.4 Å². The highest BCUT2D eigenvalue weighted by Crippen LogP contribution is 2.41. The van der Waals surface area contributed by atoms with Crippen LogP contribution in [-0.2, 0) is 9.59 Å². The Morgan fingerprint density at radius 3 is 2.42 bits per heavy atom. The Bertz CT molecular complexity index is 1380. The molecular weight excluding hydrogens is 520 g/mol. The fourth-order valence-corrected chi connectivity index (χ4v) is 5.23. The van der Waals surface area contributed by atoms with Crippen molar-refractivity contribution in [2.24, 2.45) is 11.0 Å². The van der Waals surface area contributed by atoms with Crippen LogP contribution < -0.4 is 9.75 Å². The van der Waals surface area contributed by atoms with Gasteiger partial charge < -0.3 is 9.84 Å². The second-order valence-electron chi connectivity index (χ2n) is 9.00. The van der Waals surface area contributed by atoms with E-state index in [4.69, 9.17) is 4.74 Å². The molecule has 0 saturated heterocycles. The zero-order chi connectivity index (χ0) is 25.4. The lowest BCUT2D eigenvalue weighted by Gasteiger charge is -2.28. The standard InChI is InChI=1S/C29H25BrN2O4/c1-17-26(29(35)32(31-17)21-8-4-3-5-9-21)23(19-12-14-20(30)15-13-19)16-24(33)27-18(2)36-25-11-7-6-10-22(25)28(27)34/h3-15,23,26,28,34H,16H2,1-2H3. The molecule has 1 amide bonds. The van der Waals surface area contributed by atoms with Gasteiger partial charge in [-0.15, -0.1) is 0 Å². The van der Waals surface area contributed by atoms with Crippen LogP contribution >= 0.6 is 15.9 Å². The first-order valence-electron chi connectivity index (χ1n) is 11.7. The number of allylic oxidation sites excluding steroid dienone is 1. The number of para-hydroxylation sites is 2. The number of amides is 1. The summed E-state index contributed by atoms with van der Waals surface area (Å²) in [5, 5.41) is 17.0. The smallest absolute Gasteiger partial charge is 0.256 e. The van der Waals surface area contributed by atoms with Crippen molar-refractivity contribution >= 4 is 39.0 Å². The number of carbonyl (C=O) groups excluding carboxylic acids is 2. The maximum absolute atomic E-state index is 13.7. The minimum Gasteiger partial charge on any atom is -0.461 e. The van der Waals surface area contributed by atoms with Crippen molar-refractivity contribution in [2.45, 2.75) is 32.3 Å². The lowest BCUT2D eigenvalue weighted by atomic mass is 9.78. The molecule has 3 aromatic rings. The SMILES string of the molecule is CC1=NN(c2ccccc2)C(=O)C1C(CC(=O)C1=C(C)Oc2ccccc2C1O)c1ccc(Br)cc1. The Kier molecular flexibility index (Phi) is 6.60. The first-order chi connectivity index (χ1) is 17.3. The van der Waals surface area contributed by atoms with Crippen LogP contribution in [0.25, 0.3) is 0 Å². The molecule has 1 N–H and O–H groups in total. The van der Waals surface area contributed by atoms with Crippen LogP contribution in [0.5, 0.6) is 5.75 Å². The lowest BCUT2D eigenvalue weighted by molar-refractivity contribution is -0.121. The summed E-state index contributed by atoms with van der Waals surface area (Å²) in [4.78, 5) is 27.4. The van der Waals surface area contributed by atoms with Gasteiger partial charge in [0, 0.05) is 28.1 Å². The molecule has 3 unspecified atom stereocenters. The summed E-state index contributed by atoms with van der Waals surface area (Å²) in [7, 11) is 0. The Morgan fingerprint density at radius 1 is 1.03 bits per heavy atom. The van der Waals surface area contributed by atoms with Crippen molar-refractivity contribution in [3.8, 4) is 5.75 Å². The molecule has 6 nitrogen and oxygen atoms in total. The summed E-state index contributed by atoms with van der Waals surface area (Å²) in [6, 6.07) is 24.0. The predicted octanol–water partition coefficient (Wildman–Crippen LogP) is 5.93. The van der Waals surface area contributed by atoms with E-state index in [-0.39, 0.29) is 23.7 Å². The molecule has 0 fully saturated rings. The van der Waals surface area contributed by atoms with Crippen LogP contribution in [0.1, 0.15) is 43.4 Å². The number of rotatable bonds is 6. The highest BCUT2D eigenvalue weighted by molar-refractivity contribution is 9.10. The number of anilines is 1. The van der Waals surface area contributed by atoms with E-state index in [0.29, 0.717) is 28.5 Å². The second kappa shape index (κ2) is 9.84. The molecule has 0 spiro atoms. The van der Waals surface area contributed by atoms with Crippen molar-refractivity contribution in [1.82, 2.24) is 0 Å². The highest BCUT2D eigenvalue weighted by Gasteiger charge is 2.42. The minimum atomic E-state index is -1.09. The average molecular weight is 545 g/mol. The average Bonchev–Trinajstić information content (AvgIpc) is 3.17. The van der Waals surface area contributed by atoms with Gasteiger partial charge in [-0.25, -0.2) is 5.01 Å². The molecule has 0 saturated carbocycles. The Morgan fingerprint density at radius 2 is 1.69 bits per heavy atom. The molecule has 36 heavy (non-hydrogen) atoms. The topological polar surface area (TPSA) is 79.2 Å². The first kappa shape index (κ1) is 24.2. The molecule has 3 atom stereocenters. The molecule has 2 heterocycles. The Hall–Kier alpha value is -3.55. The normalized spacial score (nSPS) is 20.1. The Balaban J connectivity index is 1.49. The monoisotopic (exact) mass is 544 g/mol. The van der Waals surface area contributed by atoms with E-state index in [9.17, 15) is 14.7 Å². The maximum Gasteiger partial charge on any atom is 0.256 e. The molecule has 182 valence electrons. The van der Waals surface area contributed by atoms with Crippen LogP contribution in [0, 0.1) is 5.92 Å². The van der Waals surface area contributed by atoms with Gasteiger partial charge in [-0.3, -0.25) is 9.59 Å². The number of fused-ring (bicyclic) bond motifs is 1. The van der Waals surface area contributed by atoms with E-state index in [2.05, 4.69) is 21.0 Å². The van der Waals surface area contributed by atoms with E-state index in [1.165, 1.54) is 5.01 Å². The number of carbonyl (C=O) groups is 2. The van der Waals surface area contributed by atoms with Gasteiger partial charge in [-0.05, 0) is 49.7 Å². The number of hydrogen-bond acceptors (Lipinski definition) is 5. The van der Waals surface area contributed by atoms with Gasteiger partial charge >= 0.3 is 0 Å². The number of hydrogen-bond donors (Lipinski definition) is 1. The maximum atomic E-state index is 13.7. The third kappa shape index (κ3) is 4.40. The third-order valence-corrected chi connectivity index (χ3v) is 7.25. The number of aliphatic hydroxyl groups is 1. The molecule has 0 aromatic heterocycles. The van der Waals surface area contributed by atoms with Gasteiger partial charge in [0.1, 0.15) is 17.6 Å². The van der Waals surface area contributed by atoms with E-state index < -0.39 is 17.9 Å². The fourth-order valence-electron chi connectivity index (χ4n) is 4.96. The van der Waals surface area contributed by atoms with Gasteiger partial charge in [0.25, 0.3) is 5.91 Å². The van der Waals surface area contributed by atoms with Crippen molar-refractivity contribution in [1.29, 1.82) is 0 Å². The number of aliphatic hydroxyl groups excluding tert-OH is 1. The van der Waals surface area contributed by atoms with Crippen molar-refractivity contribution in [3.63, 3.8) is 0 Å². The summed E-state index contributed by atoms with van der Waals surface area (Å²) in [6.07, 6.45) is -1.08.